The summed E-state index contributed by atoms with van der Waals surface area (Å²) < 4.78 is 29.4. The van der Waals surface area contributed by atoms with Crippen LogP contribution in [0.1, 0.15) is 75.0 Å². The number of hydrogen-bond acceptors (Lipinski definition) is 5. The molecule has 34 heavy (non-hydrogen) atoms. The van der Waals surface area contributed by atoms with Gasteiger partial charge < -0.3 is 14.8 Å². The molecule has 0 radical (unpaired) electrons. The average Bonchev–Trinajstić information content (AvgIpc) is 3.14. The van der Waals surface area contributed by atoms with Gasteiger partial charge in [-0.1, -0.05) is 26.2 Å². The fourth-order valence-electron chi connectivity index (χ4n) is 4.93. The van der Waals surface area contributed by atoms with Gasteiger partial charge in [0.05, 0.1) is 11.7 Å². The van der Waals surface area contributed by atoms with Crippen LogP contribution in [0.2, 0.25) is 0 Å². The van der Waals surface area contributed by atoms with Crippen LogP contribution in [0.4, 0.5) is 4.39 Å². The van der Waals surface area contributed by atoms with Crippen molar-refractivity contribution in [3.05, 3.63) is 39.8 Å². The molecule has 1 aliphatic carbocycles. The molecule has 0 bridgehead atoms. The molecule has 8 nitrogen and oxygen atoms in total. The first-order chi connectivity index (χ1) is 16.4. The topological polar surface area (TPSA) is 87.4 Å². The Labute approximate surface area is 199 Å². The largest absolute Gasteiger partial charge is 0.490 e. The fourth-order valence-corrected chi connectivity index (χ4v) is 4.93. The van der Waals surface area contributed by atoms with Crippen LogP contribution in [-0.2, 0) is 18.2 Å². The molecule has 9 heteroatoms. The Bertz CT molecular complexity index is 1070. The Morgan fingerprint density at radius 2 is 1.94 bits per heavy atom. The second-order valence-corrected chi connectivity index (χ2v) is 9.40. The Hall–Kier alpha value is -2.68. The molecule has 1 unspecified atom stereocenters. The van der Waals surface area contributed by atoms with Crippen molar-refractivity contribution in [2.75, 3.05) is 13.2 Å². The first-order valence-corrected chi connectivity index (χ1v) is 12.4. The highest BCUT2D eigenvalue weighted by atomic mass is 19.1. The number of amides is 1. The molecule has 1 amide bonds. The van der Waals surface area contributed by atoms with Gasteiger partial charge in [-0.25, -0.2) is 9.18 Å². The number of carbonyl (C=O) groups is 1. The predicted octanol–water partition coefficient (Wildman–Crippen LogP) is 3.53. The van der Waals surface area contributed by atoms with Crippen molar-refractivity contribution in [2.24, 2.45) is 13.0 Å². The number of halogens is 1. The Morgan fingerprint density at radius 1 is 1.24 bits per heavy atom. The van der Waals surface area contributed by atoms with Crippen molar-refractivity contribution < 1.29 is 18.7 Å². The van der Waals surface area contributed by atoms with E-state index >= 15 is 4.39 Å². The summed E-state index contributed by atoms with van der Waals surface area (Å²) in [7, 11) is 1.61. The molecule has 2 heterocycles. The third-order valence-corrected chi connectivity index (χ3v) is 7.09. The van der Waals surface area contributed by atoms with E-state index in [0.29, 0.717) is 44.2 Å². The number of rotatable bonds is 7. The Kier molecular flexibility index (Phi) is 7.70. The Morgan fingerprint density at radius 3 is 2.59 bits per heavy atom. The van der Waals surface area contributed by atoms with Crippen molar-refractivity contribution >= 4 is 5.91 Å². The number of benzene rings is 1. The van der Waals surface area contributed by atoms with Gasteiger partial charge in [0.1, 0.15) is 23.1 Å². The van der Waals surface area contributed by atoms with Crippen molar-refractivity contribution in [2.45, 2.75) is 77.4 Å². The van der Waals surface area contributed by atoms with Crippen molar-refractivity contribution in [3.8, 4) is 11.4 Å². The number of aryl methyl sites for hydroxylation is 1. The molecular weight excluding hydrogens is 439 g/mol. The molecule has 1 atom stereocenters. The molecule has 4 rings (SSSR count). The standard InChI is InChI=1S/C25H35FN4O4/c1-4-23-28-30(25(32)29(23)3)21-15-22(34-16(2)17-8-6-5-7-9-17)19(14-20(21)26)24(31)27-18-10-12-33-13-11-18/h14-18H,4-13H2,1-3H3,(H,27,31). The van der Waals surface area contributed by atoms with Gasteiger partial charge in [-0.05, 0) is 44.6 Å². The molecule has 1 aromatic carbocycles. The zero-order valence-corrected chi connectivity index (χ0v) is 20.3. The summed E-state index contributed by atoms with van der Waals surface area (Å²) in [6.45, 7) is 5.05. The van der Waals surface area contributed by atoms with Crippen molar-refractivity contribution in [1.82, 2.24) is 19.7 Å². The molecule has 1 aromatic heterocycles. The molecule has 2 aromatic rings. The maximum Gasteiger partial charge on any atom is 0.350 e. The van der Waals surface area contributed by atoms with E-state index in [-0.39, 0.29) is 35.1 Å². The minimum Gasteiger partial charge on any atom is -0.490 e. The van der Waals surface area contributed by atoms with E-state index in [2.05, 4.69) is 10.4 Å². The van der Waals surface area contributed by atoms with E-state index in [0.717, 1.165) is 30.4 Å². The van der Waals surface area contributed by atoms with Gasteiger partial charge in [0.2, 0.25) is 0 Å². The predicted molar refractivity (Wildman–Crippen MR) is 126 cm³/mol. The molecule has 1 N–H and O–H groups in total. The number of nitrogens with one attached hydrogen (secondary N) is 1. The van der Waals surface area contributed by atoms with Crippen LogP contribution in [0.15, 0.2) is 16.9 Å². The van der Waals surface area contributed by atoms with E-state index in [1.165, 1.54) is 23.1 Å². The monoisotopic (exact) mass is 474 g/mol. The zero-order valence-electron chi connectivity index (χ0n) is 20.3. The van der Waals surface area contributed by atoms with Crippen LogP contribution in [0.5, 0.6) is 5.75 Å². The van der Waals surface area contributed by atoms with Gasteiger partial charge in [0.15, 0.2) is 0 Å². The SMILES string of the molecule is CCc1nn(-c2cc(OC(C)C3CCCCC3)c(C(=O)NC3CCOCC3)cc2F)c(=O)n1C. The van der Waals surface area contributed by atoms with Crippen molar-refractivity contribution in [3.63, 3.8) is 0 Å². The fraction of sp³-hybridized carbons (Fsp3) is 0.640. The summed E-state index contributed by atoms with van der Waals surface area (Å²) in [4.78, 5) is 25.9. The third kappa shape index (κ3) is 5.19. The molecular formula is C25H35FN4O4. The maximum absolute atomic E-state index is 15.3. The second kappa shape index (κ2) is 10.7. The lowest BCUT2D eigenvalue weighted by Crippen LogP contribution is -2.39. The van der Waals surface area contributed by atoms with Gasteiger partial charge in [0, 0.05) is 38.8 Å². The van der Waals surface area contributed by atoms with Gasteiger partial charge in [-0.3, -0.25) is 9.36 Å². The first-order valence-electron chi connectivity index (χ1n) is 12.4. The van der Waals surface area contributed by atoms with Gasteiger partial charge in [-0.2, -0.15) is 4.68 Å². The van der Waals surface area contributed by atoms with E-state index < -0.39 is 11.5 Å². The van der Waals surface area contributed by atoms with Crippen LogP contribution in [0, 0.1) is 11.7 Å². The highest BCUT2D eigenvalue weighted by Gasteiger charge is 2.27. The maximum atomic E-state index is 15.3. The quantitative estimate of drug-likeness (QED) is 0.663. The smallest absolute Gasteiger partial charge is 0.350 e. The van der Waals surface area contributed by atoms with E-state index in [4.69, 9.17) is 9.47 Å². The molecule has 1 saturated carbocycles. The summed E-state index contributed by atoms with van der Waals surface area (Å²) >= 11 is 0. The summed E-state index contributed by atoms with van der Waals surface area (Å²) in [5, 5.41) is 7.29. The first kappa shape index (κ1) is 24.4. The molecule has 2 aliphatic rings. The zero-order chi connectivity index (χ0) is 24.2. The van der Waals surface area contributed by atoms with Gasteiger partial charge in [-0.15, -0.1) is 5.10 Å². The van der Waals surface area contributed by atoms with Gasteiger partial charge in [0.25, 0.3) is 5.91 Å². The number of carbonyl (C=O) groups excluding carboxylic acids is 1. The van der Waals surface area contributed by atoms with E-state index in [1.54, 1.807) is 7.05 Å². The van der Waals surface area contributed by atoms with E-state index in [9.17, 15) is 9.59 Å². The van der Waals surface area contributed by atoms with Crippen LogP contribution in [-0.4, -0.2) is 45.6 Å². The minimum atomic E-state index is -0.697. The summed E-state index contributed by atoms with van der Waals surface area (Å²) in [6.07, 6.45) is 7.50. The summed E-state index contributed by atoms with van der Waals surface area (Å²) in [5.74, 6) is 0.111. The molecule has 1 saturated heterocycles. The molecule has 0 spiro atoms. The third-order valence-electron chi connectivity index (χ3n) is 7.09. The summed E-state index contributed by atoms with van der Waals surface area (Å²) in [5.41, 5.74) is -0.328. The lowest BCUT2D eigenvalue weighted by atomic mass is 9.86. The van der Waals surface area contributed by atoms with Crippen molar-refractivity contribution in [1.29, 1.82) is 0 Å². The number of ether oxygens (including phenoxy) is 2. The van der Waals surface area contributed by atoms with Crippen LogP contribution < -0.4 is 15.7 Å². The molecule has 186 valence electrons. The minimum absolute atomic E-state index is 0.0197. The second-order valence-electron chi connectivity index (χ2n) is 9.40. The average molecular weight is 475 g/mol. The Balaban J connectivity index is 1.70. The number of aromatic nitrogens is 3. The number of hydrogen-bond donors (Lipinski definition) is 1. The van der Waals surface area contributed by atoms with Gasteiger partial charge >= 0.3 is 5.69 Å². The van der Waals surface area contributed by atoms with Crippen LogP contribution in [0.25, 0.3) is 5.69 Å². The molecule has 1 aliphatic heterocycles. The lowest BCUT2D eigenvalue weighted by Gasteiger charge is -2.29. The van der Waals surface area contributed by atoms with E-state index in [1.807, 2.05) is 13.8 Å². The van der Waals surface area contributed by atoms with Crippen LogP contribution >= 0.6 is 0 Å². The number of nitrogens with zero attached hydrogens (tertiary/aromatic N) is 3. The molecule has 2 fully saturated rings. The van der Waals surface area contributed by atoms with Crippen LogP contribution in [0.3, 0.4) is 0 Å². The highest BCUT2D eigenvalue weighted by molar-refractivity contribution is 5.97. The normalized spacial score (nSPS) is 18.6. The lowest BCUT2D eigenvalue weighted by molar-refractivity contribution is 0.0691. The summed E-state index contributed by atoms with van der Waals surface area (Å²) in [6, 6.07) is 2.58. The highest BCUT2D eigenvalue weighted by Crippen LogP contribution is 2.32.